The van der Waals surface area contributed by atoms with Gasteiger partial charge in [0.05, 0.1) is 16.2 Å². The lowest BCUT2D eigenvalue weighted by atomic mass is 10.3. The molecule has 1 aromatic carbocycles. The van der Waals surface area contributed by atoms with Crippen LogP contribution in [0.4, 0.5) is 5.69 Å². The largest absolute Gasteiger partial charge is 0.323 e. The van der Waals surface area contributed by atoms with E-state index in [0.29, 0.717) is 26.1 Å². The summed E-state index contributed by atoms with van der Waals surface area (Å²) in [5.74, 6) is -0.326. The molecule has 0 bridgehead atoms. The Labute approximate surface area is 145 Å². The van der Waals surface area contributed by atoms with E-state index < -0.39 is 0 Å². The number of halogens is 1. The van der Waals surface area contributed by atoms with Crippen LogP contribution in [-0.4, -0.2) is 21.7 Å². The molecule has 0 radical (unpaired) electrons. The summed E-state index contributed by atoms with van der Waals surface area (Å²) in [5.41, 5.74) is 0.971. The number of benzene rings is 1. The van der Waals surface area contributed by atoms with E-state index >= 15 is 0 Å². The van der Waals surface area contributed by atoms with E-state index in [1.807, 2.05) is 11.6 Å². The molecule has 2 heterocycles. The molecule has 8 heteroatoms. The van der Waals surface area contributed by atoms with Crippen LogP contribution in [0.5, 0.6) is 0 Å². The van der Waals surface area contributed by atoms with Crippen molar-refractivity contribution in [3.05, 3.63) is 51.1 Å². The van der Waals surface area contributed by atoms with Crippen molar-refractivity contribution in [2.45, 2.75) is 11.7 Å². The predicted molar refractivity (Wildman–Crippen MR) is 95.7 cm³/mol. The molecule has 0 aliphatic heterocycles. The lowest BCUT2D eigenvalue weighted by Crippen LogP contribution is -2.29. The van der Waals surface area contributed by atoms with E-state index in [1.54, 1.807) is 30.3 Å². The van der Waals surface area contributed by atoms with Crippen LogP contribution < -0.4 is 10.9 Å². The number of thiophene rings is 1. The quantitative estimate of drug-likeness (QED) is 0.568. The molecule has 23 heavy (non-hydrogen) atoms. The fourth-order valence-electron chi connectivity index (χ4n) is 2.11. The van der Waals surface area contributed by atoms with Crippen LogP contribution in [0.3, 0.4) is 0 Å². The lowest BCUT2D eigenvalue weighted by Gasteiger charge is -2.11. The highest BCUT2D eigenvalue weighted by Gasteiger charge is 2.15. The van der Waals surface area contributed by atoms with Crippen LogP contribution >= 0.6 is 34.7 Å². The van der Waals surface area contributed by atoms with Crippen molar-refractivity contribution in [3.63, 3.8) is 0 Å². The van der Waals surface area contributed by atoms with Crippen LogP contribution in [0, 0.1) is 0 Å². The average Bonchev–Trinajstić information content (AvgIpc) is 3.01. The van der Waals surface area contributed by atoms with Crippen LogP contribution in [0.1, 0.15) is 0 Å². The molecule has 0 aliphatic rings. The van der Waals surface area contributed by atoms with Crippen molar-refractivity contribution in [2.24, 2.45) is 0 Å². The van der Waals surface area contributed by atoms with Crippen molar-refractivity contribution >= 4 is 56.5 Å². The number of nitrogens with one attached hydrogen (secondary N) is 1. The number of aromatic nitrogens is 2. The number of hydrogen-bond acceptors (Lipinski definition) is 5. The monoisotopic (exact) mass is 365 g/mol. The van der Waals surface area contributed by atoms with Gasteiger partial charge in [-0.2, -0.15) is 0 Å². The van der Waals surface area contributed by atoms with Crippen LogP contribution in [0.25, 0.3) is 10.2 Å². The molecule has 0 atom stereocenters. The van der Waals surface area contributed by atoms with Crippen LogP contribution in [0.2, 0.25) is 5.02 Å². The Hall–Kier alpha value is -1.83. The SMILES string of the molecule is CSc1nc2ccsc2c(=O)n1CC(=O)Nc1ccccc1Cl. The molecular formula is C15H12ClN3O2S2. The van der Waals surface area contributed by atoms with Gasteiger partial charge < -0.3 is 5.32 Å². The molecule has 118 valence electrons. The highest BCUT2D eigenvalue weighted by molar-refractivity contribution is 7.98. The molecule has 3 aromatic rings. The highest BCUT2D eigenvalue weighted by Crippen LogP contribution is 2.21. The van der Waals surface area contributed by atoms with E-state index in [9.17, 15) is 9.59 Å². The first-order valence-corrected chi connectivity index (χ1v) is 9.15. The summed E-state index contributed by atoms with van der Waals surface area (Å²) < 4.78 is 1.93. The van der Waals surface area contributed by atoms with E-state index in [4.69, 9.17) is 11.6 Å². The molecule has 0 unspecified atom stereocenters. The van der Waals surface area contributed by atoms with Crippen molar-refractivity contribution in [2.75, 3.05) is 11.6 Å². The molecule has 0 spiro atoms. The molecule has 0 saturated carbocycles. The summed E-state index contributed by atoms with van der Waals surface area (Å²) in [7, 11) is 0. The first-order chi connectivity index (χ1) is 11.1. The van der Waals surface area contributed by atoms with Gasteiger partial charge in [-0.3, -0.25) is 14.2 Å². The van der Waals surface area contributed by atoms with E-state index in [0.717, 1.165) is 0 Å². The van der Waals surface area contributed by atoms with Gasteiger partial charge in [0.1, 0.15) is 11.2 Å². The fraction of sp³-hybridized carbons (Fsp3) is 0.133. The number of carbonyl (C=O) groups is 1. The number of nitrogens with zero attached hydrogens (tertiary/aromatic N) is 2. The van der Waals surface area contributed by atoms with Crippen LogP contribution in [0.15, 0.2) is 45.7 Å². The average molecular weight is 366 g/mol. The van der Waals surface area contributed by atoms with Gasteiger partial charge in [-0.25, -0.2) is 4.98 Å². The summed E-state index contributed by atoms with van der Waals surface area (Å²) in [5, 5.41) is 5.49. The van der Waals surface area contributed by atoms with Gasteiger partial charge in [0.25, 0.3) is 5.56 Å². The summed E-state index contributed by atoms with van der Waals surface area (Å²) >= 11 is 8.68. The third-order valence-electron chi connectivity index (χ3n) is 3.16. The van der Waals surface area contributed by atoms with E-state index in [-0.39, 0.29) is 18.0 Å². The molecule has 0 fully saturated rings. The second-order valence-corrected chi connectivity index (χ2v) is 6.75. The number of para-hydroxylation sites is 1. The zero-order valence-electron chi connectivity index (χ0n) is 12.1. The van der Waals surface area contributed by atoms with E-state index in [1.165, 1.54) is 27.7 Å². The van der Waals surface area contributed by atoms with Gasteiger partial charge in [-0.1, -0.05) is 35.5 Å². The lowest BCUT2D eigenvalue weighted by molar-refractivity contribution is -0.116. The minimum atomic E-state index is -0.326. The first kappa shape index (κ1) is 16.0. The number of thioether (sulfide) groups is 1. The van der Waals surface area contributed by atoms with Crippen molar-refractivity contribution in [3.8, 4) is 0 Å². The third-order valence-corrected chi connectivity index (χ3v) is 5.06. The van der Waals surface area contributed by atoms with Gasteiger partial charge in [0, 0.05) is 0 Å². The third kappa shape index (κ3) is 3.26. The molecule has 1 N–H and O–H groups in total. The Kier molecular flexibility index (Phi) is 4.70. The summed E-state index contributed by atoms with van der Waals surface area (Å²) in [6.07, 6.45) is 1.82. The predicted octanol–water partition coefficient (Wildman–Crippen LogP) is 3.47. The Bertz CT molecular complexity index is 936. The van der Waals surface area contributed by atoms with E-state index in [2.05, 4.69) is 10.3 Å². The standard InChI is InChI=1S/C15H12ClN3O2S2/c1-22-15-18-11-6-7-23-13(11)14(21)19(15)8-12(20)17-10-5-3-2-4-9(10)16/h2-7H,8H2,1H3,(H,17,20). The number of rotatable bonds is 4. The Morgan fingerprint density at radius 2 is 2.17 bits per heavy atom. The van der Waals surface area contributed by atoms with Gasteiger partial charge in [0.15, 0.2) is 5.16 Å². The topological polar surface area (TPSA) is 64.0 Å². The van der Waals surface area contributed by atoms with Crippen LogP contribution in [-0.2, 0) is 11.3 Å². The molecule has 1 amide bonds. The van der Waals surface area contributed by atoms with Crippen molar-refractivity contribution < 1.29 is 4.79 Å². The number of carbonyl (C=O) groups excluding carboxylic acids is 1. The summed E-state index contributed by atoms with van der Waals surface area (Å²) in [4.78, 5) is 29.2. The van der Waals surface area contributed by atoms with Gasteiger partial charge in [-0.05, 0) is 29.8 Å². The molecular weight excluding hydrogens is 354 g/mol. The molecule has 0 aliphatic carbocycles. The Morgan fingerprint density at radius 1 is 1.39 bits per heavy atom. The second-order valence-electron chi connectivity index (χ2n) is 4.65. The maximum Gasteiger partial charge on any atom is 0.272 e. The van der Waals surface area contributed by atoms with Crippen molar-refractivity contribution in [1.29, 1.82) is 0 Å². The first-order valence-electron chi connectivity index (χ1n) is 6.66. The normalized spacial score (nSPS) is 10.9. The zero-order chi connectivity index (χ0) is 16.4. The number of fused-ring (bicyclic) bond motifs is 1. The molecule has 0 saturated heterocycles. The van der Waals surface area contributed by atoms with Crippen molar-refractivity contribution in [1.82, 2.24) is 9.55 Å². The second kappa shape index (κ2) is 6.74. The summed E-state index contributed by atoms with van der Waals surface area (Å²) in [6, 6.07) is 8.76. The minimum absolute atomic E-state index is 0.110. The Balaban J connectivity index is 1.91. The zero-order valence-corrected chi connectivity index (χ0v) is 14.5. The molecule has 3 rings (SSSR count). The molecule has 2 aromatic heterocycles. The van der Waals surface area contributed by atoms with Gasteiger partial charge in [-0.15, -0.1) is 11.3 Å². The number of hydrogen-bond donors (Lipinski definition) is 1. The maximum absolute atomic E-state index is 12.5. The fourth-order valence-corrected chi connectivity index (χ4v) is 3.63. The number of anilines is 1. The maximum atomic E-state index is 12.5. The smallest absolute Gasteiger partial charge is 0.272 e. The highest BCUT2D eigenvalue weighted by atomic mass is 35.5. The number of amides is 1. The van der Waals surface area contributed by atoms with Gasteiger partial charge >= 0.3 is 0 Å². The molecule has 5 nitrogen and oxygen atoms in total. The van der Waals surface area contributed by atoms with Gasteiger partial charge in [0.2, 0.25) is 5.91 Å². The summed E-state index contributed by atoms with van der Waals surface area (Å²) in [6.45, 7) is -0.110. The minimum Gasteiger partial charge on any atom is -0.323 e. The Morgan fingerprint density at radius 3 is 2.91 bits per heavy atom.